The van der Waals surface area contributed by atoms with Crippen molar-refractivity contribution in [3.63, 3.8) is 0 Å². The van der Waals surface area contributed by atoms with Gasteiger partial charge in [0.1, 0.15) is 17.3 Å². The highest BCUT2D eigenvalue weighted by atomic mass is 79.9. The molecule has 0 saturated carbocycles. The Bertz CT molecular complexity index is 604. The van der Waals surface area contributed by atoms with E-state index >= 15 is 0 Å². The Balaban J connectivity index is 2.13. The quantitative estimate of drug-likeness (QED) is 0.737. The molecular weight excluding hydrogens is 389 g/mol. The van der Waals surface area contributed by atoms with Gasteiger partial charge >= 0.3 is 0 Å². The molecule has 0 spiro atoms. The zero-order valence-electron chi connectivity index (χ0n) is 10.9. The van der Waals surface area contributed by atoms with Gasteiger partial charge in [0.25, 0.3) is 0 Å². The van der Waals surface area contributed by atoms with Crippen LogP contribution in [0.15, 0.2) is 45.3 Å². The fraction of sp³-hybridized carbons (Fsp3) is 0.200. The molecule has 0 aliphatic heterocycles. The molecule has 2 aromatic carbocycles. The van der Waals surface area contributed by atoms with Gasteiger partial charge in [-0.2, -0.15) is 0 Å². The number of rotatable bonds is 5. The van der Waals surface area contributed by atoms with Crippen LogP contribution in [-0.2, 0) is 6.54 Å². The van der Waals surface area contributed by atoms with Crippen molar-refractivity contribution in [1.29, 1.82) is 0 Å². The summed E-state index contributed by atoms with van der Waals surface area (Å²) in [4.78, 5) is 0. The lowest BCUT2D eigenvalue weighted by atomic mass is 10.2. The molecule has 5 heteroatoms. The lowest BCUT2D eigenvalue weighted by Gasteiger charge is -2.10. The summed E-state index contributed by atoms with van der Waals surface area (Å²) < 4.78 is 20.2. The third-order valence-electron chi connectivity index (χ3n) is 2.72. The molecule has 0 amide bonds. The summed E-state index contributed by atoms with van der Waals surface area (Å²) in [7, 11) is 0. The van der Waals surface area contributed by atoms with Gasteiger partial charge in [-0.1, -0.05) is 28.9 Å². The standard InChI is InChI=1S/C15H14Br2FNO/c1-2-19-9-10-3-4-11(7-13(10)16)20-12-5-6-15(18)14(17)8-12/h3-8,19H,2,9H2,1H3. The maximum atomic E-state index is 13.2. The van der Waals surface area contributed by atoms with E-state index in [1.54, 1.807) is 12.1 Å². The van der Waals surface area contributed by atoms with E-state index in [0.717, 1.165) is 17.6 Å². The van der Waals surface area contributed by atoms with Gasteiger partial charge in [0.05, 0.1) is 4.47 Å². The van der Waals surface area contributed by atoms with Crippen molar-refractivity contribution in [2.45, 2.75) is 13.5 Å². The van der Waals surface area contributed by atoms with Crippen molar-refractivity contribution in [2.24, 2.45) is 0 Å². The number of benzene rings is 2. The minimum atomic E-state index is -0.306. The highest BCUT2D eigenvalue weighted by Crippen LogP contribution is 2.29. The molecule has 0 radical (unpaired) electrons. The topological polar surface area (TPSA) is 21.3 Å². The second-order valence-corrected chi connectivity index (χ2v) is 5.92. The first-order chi connectivity index (χ1) is 9.60. The summed E-state index contributed by atoms with van der Waals surface area (Å²) in [6, 6.07) is 10.4. The minimum Gasteiger partial charge on any atom is -0.457 e. The van der Waals surface area contributed by atoms with Crippen molar-refractivity contribution in [3.8, 4) is 11.5 Å². The van der Waals surface area contributed by atoms with Crippen molar-refractivity contribution in [3.05, 3.63) is 56.7 Å². The highest BCUT2D eigenvalue weighted by molar-refractivity contribution is 9.10. The van der Waals surface area contributed by atoms with Gasteiger partial charge in [0.15, 0.2) is 0 Å². The Morgan fingerprint density at radius 1 is 1.05 bits per heavy atom. The summed E-state index contributed by atoms with van der Waals surface area (Å²) in [5.41, 5.74) is 1.17. The van der Waals surface area contributed by atoms with Crippen molar-refractivity contribution in [1.82, 2.24) is 5.32 Å². The average molecular weight is 403 g/mol. The molecule has 0 bridgehead atoms. The molecule has 0 aromatic heterocycles. The first-order valence-corrected chi connectivity index (χ1v) is 7.81. The number of nitrogens with one attached hydrogen (secondary N) is 1. The monoisotopic (exact) mass is 401 g/mol. The summed E-state index contributed by atoms with van der Waals surface area (Å²) in [5.74, 6) is 0.986. The van der Waals surface area contributed by atoms with Crippen molar-refractivity contribution >= 4 is 31.9 Å². The van der Waals surface area contributed by atoms with Crippen LogP contribution in [0, 0.1) is 5.82 Å². The molecule has 0 fully saturated rings. The second kappa shape index (κ2) is 7.20. The Labute approximate surface area is 134 Å². The number of ether oxygens (including phenoxy) is 1. The van der Waals surface area contributed by atoms with Gasteiger partial charge < -0.3 is 10.1 Å². The maximum absolute atomic E-state index is 13.2. The predicted molar refractivity (Wildman–Crippen MR) is 85.7 cm³/mol. The van der Waals surface area contributed by atoms with Gasteiger partial charge in [0.2, 0.25) is 0 Å². The van der Waals surface area contributed by atoms with Crippen LogP contribution in [0.4, 0.5) is 4.39 Å². The SMILES string of the molecule is CCNCc1ccc(Oc2ccc(F)c(Br)c2)cc1Br. The zero-order chi connectivity index (χ0) is 14.5. The molecule has 2 nitrogen and oxygen atoms in total. The van der Waals surface area contributed by atoms with E-state index in [9.17, 15) is 4.39 Å². The molecule has 0 aliphatic carbocycles. The van der Waals surface area contributed by atoms with Crippen LogP contribution >= 0.6 is 31.9 Å². The van der Waals surface area contributed by atoms with Crippen LogP contribution in [-0.4, -0.2) is 6.54 Å². The number of hydrogen-bond donors (Lipinski definition) is 1. The predicted octanol–water partition coefficient (Wildman–Crippen LogP) is 5.25. The van der Waals surface area contributed by atoms with E-state index in [4.69, 9.17) is 4.74 Å². The second-order valence-electron chi connectivity index (χ2n) is 4.21. The van der Waals surface area contributed by atoms with Crippen molar-refractivity contribution in [2.75, 3.05) is 6.54 Å². The van der Waals surface area contributed by atoms with Crippen molar-refractivity contribution < 1.29 is 9.13 Å². The van der Waals surface area contributed by atoms with E-state index in [1.165, 1.54) is 11.6 Å². The van der Waals surface area contributed by atoms with Crippen LogP contribution in [0.1, 0.15) is 12.5 Å². The lowest BCUT2D eigenvalue weighted by Crippen LogP contribution is -2.11. The van der Waals surface area contributed by atoms with Crippen LogP contribution in [0.25, 0.3) is 0 Å². The molecule has 0 heterocycles. The molecule has 0 atom stereocenters. The lowest BCUT2D eigenvalue weighted by molar-refractivity contribution is 0.479. The van der Waals surface area contributed by atoms with E-state index in [1.807, 2.05) is 18.2 Å². The van der Waals surface area contributed by atoms with Gasteiger partial charge in [0, 0.05) is 11.0 Å². The molecule has 2 rings (SSSR count). The van der Waals surface area contributed by atoms with Crippen LogP contribution in [0.2, 0.25) is 0 Å². The summed E-state index contributed by atoms with van der Waals surface area (Å²) in [5, 5.41) is 3.27. The highest BCUT2D eigenvalue weighted by Gasteiger charge is 2.05. The van der Waals surface area contributed by atoms with E-state index in [0.29, 0.717) is 16.0 Å². The van der Waals surface area contributed by atoms with E-state index in [2.05, 4.69) is 44.1 Å². The summed E-state index contributed by atoms with van der Waals surface area (Å²) in [6.45, 7) is 3.80. The smallest absolute Gasteiger partial charge is 0.137 e. The Hall–Kier alpha value is -0.910. The van der Waals surface area contributed by atoms with E-state index < -0.39 is 0 Å². The third-order valence-corrected chi connectivity index (χ3v) is 4.06. The first kappa shape index (κ1) is 15.5. The molecule has 20 heavy (non-hydrogen) atoms. The Morgan fingerprint density at radius 3 is 2.30 bits per heavy atom. The molecule has 0 aliphatic rings. The van der Waals surface area contributed by atoms with Gasteiger partial charge in [-0.05, 0) is 58.4 Å². The molecule has 2 aromatic rings. The fourth-order valence-electron chi connectivity index (χ4n) is 1.67. The van der Waals surface area contributed by atoms with Crippen LogP contribution in [0.5, 0.6) is 11.5 Å². The van der Waals surface area contributed by atoms with E-state index in [-0.39, 0.29) is 5.82 Å². The normalized spacial score (nSPS) is 10.6. The Kier molecular flexibility index (Phi) is 5.57. The maximum Gasteiger partial charge on any atom is 0.137 e. The Morgan fingerprint density at radius 2 is 1.70 bits per heavy atom. The van der Waals surface area contributed by atoms with Gasteiger partial charge in [-0.15, -0.1) is 0 Å². The van der Waals surface area contributed by atoms with Gasteiger partial charge in [-0.25, -0.2) is 4.39 Å². The van der Waals surface area contributed by atoms with Gasteiger partial charge in [-0.3, -0.25) is 0 Å². The molecule has 0 saturated heterocycles. The number of hydrogen-bond acceptors (Lipinski definition) is 2. The van der Waals surface area contributed by atoms with Crippen LogP contribution < -0.4 is 10.1 Å². The minimum absolute atomic E-state index is 0.306. The molecule has 106 valence electrons. The molecular formula is C15H14Br2FNO. The summed E-state index contributed by atoms with van der Waals surface area (Å²) >= 11 is 6.67. The fourth-order valence-corrected chi connectivity index (χ4v) is 2.53. The third kappa shape index (κ3) is 4.04. The molecule has 0 unspecified atom stereocenters. The van der Waals surface area contributed by atoms with Crippen LogP contribution in [0.3, 0.4) is 0 Å². The molecule has 1 N–H and O–H groups in total. The average Bonchev–Trinajstić information content (AvgIpc) is 2.42. The first-order valence-electron chi connectivity index (χ1n) is 6.22. The largest absolute Gasteiger partial charge is 0.457 e. The summed E-state index contributed by atoms with van der Waals surface area (Å²) in [6.07, 6.45) is 0. The zero-order valence-corrected chi connectivity index (χ0v) is 14.1. The number of halogens is 3.